The SMILES string of the molecule is CCOC(=O)C(CNC(=O)CC(NC(=O)C(CCC1CCN(C(=O)OC(C)(C)C)CC1)CCC1CCN(C(=O)OC(C)(C)C)CC1)c1ccccc1)NS(=O)(=O)c1ccc2ccccc2c1. The third kappa shape index (κ3) is 16.3. The molecule has 0 aliphatic carbocycles. The Kier molecular flexibility index (Phi) is 18.4. The number of hydrogen-bond donors (Lipinski definition) is 3. The van der Waals surface area contributed by atoms with Crippen LogP contribution in [-0.2, 0) is 38.6 Å². The van der Waals surface area contributed by atoms with E-state index in [9.17, 15) is 32.4 Å². The summed E-state index contributed by atoms with van der Waals surface area (Å²) in [6.07, 6.45) is 5.21. The number of likely N-dealkylation sites (tertiary alicyclic amines) is 2. The molecule has 2 saturated heterocycles. The van der Waals surface area contributed by atoms with E-state index in [4.69, 9.17) is 14.2 Å². The molecule has 5 rings (SSSR count). The molecule has 3 N–H and O–H groups in total. The molecule has 0 radical (unpaired) electrons. The summed E-state index contributed by atoms with van der Waals surface area (Å²) < 4.78 is 45.9. The number of piperidine rings is 2. The molecule has 3 aromatic rings. The van der Waals surface area contributed by atoms with Crippen molar-refractivity contribution in [3.05, 3.63) is 78.4 Å². The summed E-state index contributed by atoms with van der Waals surface area (Å²) in [4.78, 5) is 70.3. The minimum Gasteiger partial charge on any atom is -0.465 e. The van der Waals surface area contributed by atoms with Crippen LogP contribution in [0.25, 0.3) is 10.8 Å². The van der Waals surface area contributed by atoms with E-state index in [1.807, 2.05) is 84.0 Å². The lowest BCUT2D eigenvalue weighted by Crippen LogP contribution is -2.49. The van der Waals surface area contributed by atoms with Gasteiger partial charge in [0.1, 0.15) is 17.2 Å². The fraction of sp³-hybridized carbons (Fsp3) is 0.580. The van der Waals surface area contributed by atoms with Gasteiger partial charge >= 0.3 is 18.2 Å². The number of amides is 4. The van der Waals surface area contributed by atoms with Crippen molar-refractivity contribution in [3.8, 4) is 0 Å². The zero-order valence-corrected chi connectivity index (χ0v) is 40.6. The minimum absolute atomic E-state index is 0.000801. The standard InChI is InChI=1S/C50H71N5O10S/c1-8-63-46(58)43(53-66(61,62)41-23-22-37-14-12-13-17-40(37)32-41)34-51-44(56)33-42(38-15-10-9-11-16-38)52-45(57)39(20-18-35-24-28-54(29-25-35)47(59)64-49(2,3)4)21-19-36-26-30-55(31-27-36)48(60)65-50(5,6)7/h9-17,22-23,32,35-36,39,42-43,53H,8,18-21,24-31,33-34H2,1-7H3,(H,51,56)(H,52,57). The summed E-state index contributed by atoms with van der Waals surface area (Å²) in [6, 6.07) is 19.0. The fourth-order valence-corrected chi connectivity index (χ4v) is 9.67. The molecule has 0 spiro atoms. The Balaban J connectivity index is 1.25. The van der Waals surface area contributed by atoms with Gasteiger partial charge in [-0.25, -0.2) is 18.0 Å². The maximum absolute atomic E-state index is 14.5. The predicted molar refractivity (Wildman–Crippen MR) is 253 cm³/mol. The van der Waals surface area contributed by atoms with Crippen LogP contribution in [0, 0.1) is 17.8 Å². The second kappa shape index (κ2) is 23.5. The Morgan fingerprint density at radius 3 is 1.74 bits per heavy atom. The smallest absolute Gasteiger partial charge is 0.410 e. The molecule has 2 heterocycles. The molecule has 16 heteroatoms. The maximum atomic E-state index is 14.5. The van der Waals surface area contributed by atoms with Crippen LogP contribution in [0.1, 0.15) is 118 Å². The van der Waals surface area contributed by atoms with Crippen LogP contribution < -0.4 is 15.4 Å². The number of hydrogen-bond acceptors (Lipinski definition) is 10. The van der Waals surface area contributed by atoms with Crippen molar-refractivity contribution in [3.63, 3.8) is 0 Å². The van der Waals surface area contributed by atoms with Crippen LogP contribution in [0.15, 0.2) is 77.7 Å². The Bertz CT molecular complexity index is 2160. The first-order chi connectivity index (χ1) is 31.2. The number of esters is 1. The molecule has 2 aliphatic rings. The third-order valence-corrected chi connectivity index (χ3v) is 13.5. The molecule has 0 bridgehead atoms. The molecule has 4 amide bonds. The highest BCUT2D eigenvalue weighted by atomic mass is 32.2. The zero-order valence-electron chi connectivity index (χ0n) is 39.8. The summed E-state index contributed by atoms with van der Waals surface area (Å²) in [5.74, 6) is -1.26. The normalized spacial score (nSPS) is 16.4. The van der Waals surface area contributed by atoms with Crippen molar-refractivity contribution >= 4 is 50.8 Å². The third-order valence-electron chi connectivity index (χ3n) is 12.1. The molecule has 66 heavy (non-hydrogen) atoms. The molecule has 0 aromatic heterocycles. The second-order valence-electron chi connectivity index (χ2n) is 19.6. The van der Waals surface area contributed by atoms with Crippen molar-refractivity contribution in [2.24, 2.45) is 17.8 Å². The van der Waals surface area contributed by atoms with E-state index in [1.165, 1.54) is 12.1 Å². The van der Waals surface area contributed by atoms with Gasteiger partial charge in [0.15, 0.2) is 0 Å². The van der Waals surface area contributed by atoms with E-state index in [0.29, 0.717) is 61.8 Å². The molecular weight excluding hydrogens is 863 g/mol. The first kappa shape index (κ1) is 51.8. The van der Waals surface area contributed by atoms with E-state index >= 15 is 0 Å². The predicted octanol–water partition coefficient (Wildman–Crippen LogP) is 7.88. The number of nitrogens with zero attached hydrogens (tertiary/aromatic N) is 2. The number of ether oxygens (including phenoxy) is 3. The zero-order chi connectivity index (χ0) is 48.1. The summed E-state index contributed by atoms with van der Waals surface area (Å²) in [6.45, 7) is 14.7. The van der Waals surface area contributed by atoms with Crippen LogP contribution in [0.4, 0.5) is 9.59 Å². The van der Waals surface area contributed by atoms with Gasteiger partial charge in [0.2, 0.25) is 21.8 Å². The van der Waals surface area contributed by atoms with Gasteiger partial charge in [0.05, 0.1) is 24.0 Å². The first-order valence-corrected chi connectivity index (χ1v) is 24.9. The number of fused-ring (bicyclic) bond motifs is 1. The first-order valence-electron chi connectivity index (χ1n) is 23.4. The number of carbonyl (C=O) groups is 5. The van der Waals surface area contributed by atoms with Gasteiger partial charge in [-0.15, -0.1) is 0 Å². The topological polar surface area (TPSA) is 190 Å². The number of rotatable bonds is 18. The lowest BCUT2D eigenvalue weighted by atomic mass is 9.83. The number of carbonyl (C=O) groups excluding carboxylic acids is 5. The largest absolute Gasteiger partial charge is 0.465 e. The number of benzene rings is 3. The molecule has 2 aliphatic heterocycles. The molecule has 15 nitrogen and oxygen atoms in total. The van der Waals surface area contributed by atoms with E-state index in [0.717, 1.165) is 43.9 Å². The Morgan fingerprint density at radius 2 is 1.23 bits per heavy atom. The average Bonchev–Trinajstić information content (AvgIpc) is 3.27. The van der Waals surface area contributed by atoms with Crippen molar-refractivity contribution in [1.29, 1.82) is 0 Å². The number of nitrogens with one attached hydrogen (secondary N) is 3. The van der Waals surface area contributed by atoms with E-state index in [-0.39, 0.29) is 48.5 Å². The quantitative estimate of drug-likeness (QED) is 0.0836. The van der Waals surface area contributed by atoms with E-state index < -0.39 is 45.2 Å². The lowest BCUT2D eigenvalue weighted by molar-refractivity contribution is -0.145. The van der Waals surface area contributed by atoms with Crippen molar-refractivity contribution in [2.45, 2.75) is 134 Å². The van der Waals surface area contributed by atoms with Crippen molar-refractivity contribution in [2.75, 3.05) is 39.3 Å². The van der Waals surface area contributed by atoms with E-state index in [1.54, 1.807) is 34.9 Å². The van der Waals surface area contributed by atoms with Gasteiger partial charge in [0, 0.05) is 38.6 Å². The second-order valence-corrected chi connectivity index (χ2v) is 21.3. The average molecular weight is 934 g/mol. The summed E-state index contributed by atoms with van der Waals surface area (Å²) in [5, 5.41) is 7.47. The monoisotopic (exact) mass is 933 g/mol. The Morgan fingerprint density at radius 1 is 0.712 bits per heavy atom. The van der Waals surface area contributed by atoms with Gasteiger partial charge < -0.3 is 34.6 Å². The van der Waals surface area contributed by atoms with Crippen LogP contribution >= 0.6 is 0 Å². The summed E-state index contributed by atoms with van der Waals surface area (Å²) in [7, 11) is -4.21. The molecule has 2 atom stereocenters. The van der Waals surface area contributed by atoms with Crippen molar-refractivity contribution in [1.82, 2.24) is 25.2 Å². The van der Waals surface area contributed by atoms with Gasteiger partial charge in [-0.1, -0.05) is 60.7 Å². The van der Waals surface area contributed by atoms with E-state index in [2.05, 4.69) is 15.4 Å². The van der Waals surface area contributed by atoms with Crippen LogP contribution in [0.2, 0.25) is 0 Å². The number of sulfonamides is 1. The Hall–Kier alpha value is -5.22. The highest BCUT2D eigenvalue weighted by Gasteiger charge is 2.33. The summed E-state index contributed by atoms with van der Waals surface area (Å²) in [5.41, 5.74) is -0.449. The van der Waals surface area contributed by atoms with Crippen LogP contribution in [-0.4, -0.2) is 105 Å². The van der Waals surface area contributed by atoms with Crippen LogP contribution in [0.3, 0.4) is 0 Å². The lowest BCUT2D eigenvalue weighted by Gasteiger charge is -2.34. The van der Waals surface area contributed by atoms with Gasteiger partial charge in [0.25, 0.3) is 0 Å². The van der Waals surface area contributed by atoms with Gasteiger partial charge in [-0.05, 0) is 140 Å². The molecule has 2 unspecified atom stereocenters. The maximum Gasteiger partial charge on any atom is 0.410 e. The van der Waals surface area contributed by atoms with Gasteiger partial charge in [-0.3, -0.25) is 14.4 Å². The molecule has 0 saturated carbocycles. The molecular formula is C50H71N5O10S. The molecule has 2 fully saturated rings. The fourth-order valence-electron chi connectivity index (χ4n) is 8.45. The minimum atomic E-state index is -4.21. The van der Waals surface area contributed by atoms with Gasteiger partial charge in [-0.2, -0.15) is 4.72 Å². The highest BCUT2D eigenvalue weighted by molar-refractivity contribution is 7.89. The van der Waals surface area contributed by atoms with Crippen molar-refractivity contribution < 1.29 is 46.6 Å². The Labute approximate surface area is 391 Å². The van der Waals surface area contributed by atoms with Crippen LogP contribution in [0.5, 0.6) is 0 Å². The summed E-state index contributed by atoms with van der Waals surface area (Å²) >= 11 is 0. The molecule has 3 aromatic carbocycles. The highest BCUT2D eigenvalue weighted by Crippen LogP contribution is 2.31. The molecule has 362 valence electrons.